The first-order chi connectivity index (χ1) is 17.4. The minimum absolute atomic E-state index is 0.137. The van der Waals surface area contributed by atoms with E-state index < -0.39 is 6.10 Å². The number of amides is 2. The predicted molar refractivity (Wildman–Crippen MR) is 137 cm³/mol. The summed E-state index contributed by atoms with van der Waals surface area (Å²) in [6.07, 6.45) is 2.48. The second kappa shape index (κ2) is 10.1. The van der Waals surface area contributed by atoms with Gasteiger partial charge in [-0.3, -0.25) is 9.59 Å². The van der Waals surface area contributed by atoms with Crippen LogP contribution in [0.1, 0.15) is 54.5 Å². The molecule has 1 aliphatic carbocycles. The molecule has 0 saturated heterocycles. The maximum absolute atomic E-state index is 13.3. The summed E-state index contributed by atoms with van der Waals surface area (Å²) >= 11 is 0. The molecule has 0 aromatic heterocycles. The van der Waals surface area contributed by atoms with Gasteiger partial charge in [-0.15, -0.1) is 0 Å². The molecular formula is C30H31FN2O3. The second-order valence-corrected chi connectivity index (χ2v) is 9.74. The van der Waals surface area contributed by atoms with Crippen molar-refractivity contribution in [3.05, 3.63) is 94.8 Å². The van der Waals surface area contributed by atoms with Gasteiger partial charge in [-0.05, 0) is 85.7 Å². The van der Waals surface area contributed by atoms with Crippen LogP contribution in [0.3, 0.4) is 0 Å². The van der Waals surface area contributed by atoms with Crippen molar-refractivity contribution < 1.29 is 18.7 Å². The number of carbonyl (C=O) groups is 2. The molecule has 0 bridgehead atoms. The number of aryl methyl sites for hydroxylation is 1. The fourth-order valence-electron chi connectivity index (χ4n) is 4.91. The zero-order valence-electron chi connectivity index (χ0n) is 20.7. The zero-order valence-corrected chi connectivity index (χ0v) is 20.7. The monoisotopic (exact) mass is 486 g/mol. The third kappa shape index (κ3) is 5.13. The van der Waals surface area contributed by atoms with Crippen LogP contribution in [0, 0.1) is 18.7 Å². The third-order valence-electron chi connectivity index (χ3n) is 6.97. The highest BCUT2D eigenvalue weighted by molar-refractivity contribution is 5.94. The van der Waals surface area contributed by atoms with Gasteiger partial charge < -0.3 is 15.0 Å². The van der Waals surface area contributed by atoms with E-state index in [4.69, 9.17) is 4.74 Å². The maximum atomic E-state index is 13.3. The van der Waals surface area contributed by atoms with Crippen LogP contribution in [-0.2, 0) is 16.0 Å². The lowest BCUT2D eigenvalue weighted by Crippen LogP contribution is -2.41. The number of halogens is 1. The highest BCUT2D eigenvalue weighted by Crippen LogP contribution is 2.41. The average molecular weight is 487 g/mol. The Hall–Kier alpha value is -3.67. The molecule has 2 amide bonds. The standard InChI is InChI=1S/C30H31FN2O3/c1-3-27(29(34)32-24-12-10-23(31)11-13-24)36-25-14-9-20-15-16-33(30(35)21-7-8-21)28(26(20)18-25)22-6-4-5-19(2)17-22/h4-6,9-14,17-18,21,27-28H,3,7-8,15-16H2,1-2H3,(H,32,34). The highest BCUT2D eigenvalue weighted by atomic mass is 19.1. The van der Waals surface area contributed by atoms with Gasteiger partial charge >= 0.3 is 0 Å². The first-order valence-electron chi connectivity index (χ1n) is 12.7. The van der Waals surface area contributed by atoms with Crippen LogP contribution in [0.15, 0.2) is 66.7 Å². The lowest BCUT2D eigenvalue weighted by molar-refractivity contribution is -0.134. The van der Waals surface area contributed by atoms with Crippen molar-refractivity contribution >= 4 is 17.5 Å². The molecule has 6 heteroatoms. The fraction of sp³-hybridized carbons (Fsp3) is 0.333. The molecule has 186 valence electrons. The number of benzene rings is 3. The molecule has 3 aromatic rings. The summed E-state index contributed by atoms with van der Waals surface area (Å²) in [7, 11) is 0. The van der Waals surface area contributed by atoms with Gasteiger partial charge in [-0.25, -0.2) is 4.39 Å². The first-order valence-corrected chi connectivity index (χ1v) is 12.7. The van der Waals surface area contributed by atoms with Crippen molar-refractivity contribution in [3.8, 4) is 5.75 Å². The van der Waals surface area contributed by atoms with Gasteiger partial charge in [0, 0.05) is 18.2 Å². The molecule has 2 unspecified atom stereocenters. The molecular weight excluding hydrogens is 455 g/mol. The zero-order chi connectivity index (χ0) is 25.2. The molecule has 2 aliphatic rings. The topological polar surface area (TPSA) is 58.6 Å². The van der Waals surface area contributed by atoms with E-state index >= 15 is 0 Å². The Morgan fingerprint density at radius 2 is 1.86 bits per heavy atom. The summed E-state index contributed by atoms with van der Waals surface area (Å²) in [4.78, 5) is 28.2. The number of carbonyl (C=O) groups excluding carboxylic acids is 2. The Morgan fingerprint density at radius 1 is 1.08 bits per heavy atom. The molecule has 1 fully saturated rings. The van der Waals surface area contributed by atoms with E-state index in [0.29, 0.717) is 24.4 Å². The van der Waals surface area contributed by atoms with Crippen LogP contribution >= 0.6 is 0 Å². The summed E-state index contributed by atoms with van der Waals surface area (Å²) in [5.74, 6) is 0.306. The van der Waals surface area contributed by atoms with Crippen molar-refractivity contribution in [2.45, 2.75) is 51.7 Å². The third-order valence-corrected chi connectivity index (χ3v) is 6.97. The van der Waals surface area contributed by atoms with Gasteiger partial charge in [0.25, 0.3) is 5.91 Å². The summed E-state index contributed by atoms with van der Waals surface area (Å²) in [5, 5.41) is 2.80. The van der Waals surface area contributed by atoms with Crippen molar-refractivity contribution in [1.82, 2.24) is 4.90 Å². The number of rotatable bonds is 7. The van der Waals surface area contributed by atoms with Gasteiger partial charge in [0.2, 0.25) is 5.91 Å². The molecule has 2 atom stereocenters. The number of ether oxygens (including phenoxy) is 1. The largest absolute Gasteiger partial charge is 0.481 e. The molecule has 0 spiro atoms. The van der Waals surface area contributed by atoms with E-state index in [9.17, 15) is 14.0 Å². The van der Waals surface area contributed by atoms with E-state index in [-0.39, 0.29) is 29.6 Å². The Bertz CT molecular complexity index is 1270. The first kappa shape index (κ1) is 24.0. The number of anilines is 1. The van der Waals surface area contributed by atoms with Crippen molar-refractivity contribution in [2.75, 3.05) is 11.9 Å². The van der Waals surface area contributed by atoms with Crippen molar-refractivity contribution in [1.29, 1.82) is 0 Å². The van der Waals surface area contributed by atoms with Gasteiger partial charge in [0.05, 0.1) is 6.04 Å². The summed E-state index contributed by atoms with van der Waals surface area (Å²) in [6, 6.07) is 19.7. The van der Waals surface area contributed by atoms with Gasteiger partial charge in [-0.1, -0.05) is 42.8 Å². The Labute approximate surface area is 211 Å². The summed E-state index contributed by atoms with van der Waals surface area (Å²) < 4.78 is 19.4. The molecule has 3 aromatic carbocycles. The van der Waals surface area contributed by atoms with E-state index in [2.05, 4.69) is 36.5 Å². The molecule has 5 rings (SSSR count). The normalized spacial score (nSPS) is 17.8. The molecule has 5 nitrogen and oxygen atoms in total. The number of hydrogen-bond donors (Lipinski definition) is 1. The van der Waals surface area contributed by atoms with Gasteiger partial charge in [0.15, 0.2) is 6.10 Å². The van der Waals surface area contributed by atoms with E-state index in [1.807, 2.05) is 30.0 Å². The maximum Gasteiger partial charge on any atom is 0.265 e. The second-order valence-electron chi connectivity index (χ2n) is 9.74. The highest BCUT2D eigenvalue weighted by Gasteiger charge is 2.39. The fourth-order valence-corrected chi connectivity index (χ4v) is 4.91. The van der Waals surface area contributed by atoms with Crippen LogP contribution in [0.5, 0.6) is 5.75 Å². The molecule has 1 aliphatic heterocycles. The summed E-state index contributed by atoms with van der Waals surface area (Å²) in [5.41, 5.74) is 4.99. The number of fused-ring (bicyclic) bond motifs is 1. The molecule has 0 radical (unpaired) electrons. The number of nitrogens with zero attached hydrogens (tertiary/aromatic N) is 1. The molecule has 1 heterocycles. The molecule has 1 N–H and O–H groups in total. The predicted octanol–water partition coefficient (Wildman–Crippen LogP) is 5.81. The minimum atomic E-state index is -0.710. The van der Waals surface area contributed by atoms with E-state index in [1.165, 1.54) is 29.8 Å². The Balaban J connectivity index is 1.42. The van der Waals surface area contributed by atoms with Crippen LogP contribution in [0.4, 0.5) is 10.1 Å². The number of nitrogens with one attached hydrogen (secondary N) is 1. The van der Waals surface area contributed by atoms with Crippen LogP contribution in [0.2, 0.25) is 0 Å². The molecule has 36 heavy (non-hydrogen) atoms. The number of hydrogen-bond acceptors (Lipinski definition) is 3. The van der Waals surface area contributed by atoms with E-state index in [1.54, 1.807) is 0 Å². The average Bonchev–Trinajstić information content (AvgIpc) is 3.73. The lowest BCUT2D eigenvalue weighted by atomic mass is 9.87. The summed E-state index contributed by atoms with van der Waals surface area (Å²) in [6.45, 7) is 4.64. The van der Waals surface area contributed by atoms with Crippen molar-refractivity contribution in [3.63, 3.8) is 0 Å². The smallest absolute Gasteiger partial charge is 0.265 e. The van der Waals surface area contributed by atoms with Crippen LogP contribution in [0.25, 0.3) is 0 Å². The van der Waals surface area contributed by atoms with Gasteiger partial charge in [0.1, 0.15) is 11.6 Å². The lowest BCUT2D eigenvalue weighted by Gasteiger charge is -2.38. The molecule has 1 saturated carbocycles. The van der Waals surface area contributed by atoms with Crippen molar-refractivity contribution in [2.24, 2.45) is 5.92 Å². The van der Waals surface area contributed by atoms with E-state index in [0.717, 1.165) is 36.0 Å². The Morgan fingerprint density at radius 3 is 2.56 bits per heavy atom. The van der Waals surface area contributed by atoms with Crippen LogP contribution in [-0.4, -0.2) is 29.4 Å². The minimum Gasteiger partial charge on any atom is -0.481 e. The SMILES string of the molecule is CCC(Oc1ccc2c(c1)C(c1cccc(C)c1)N(C(=O)C1CC1)CC2)C(=O)Nc1ccc(F)cc1. The Kier molecular flexibility index (Phi) is 6.77. The van der Waals surface area contributed by atoms with Gasteiger partial charge in [-0.2, -0.15) is 0 Å². The quantitative estimate of drug-likeness (QED) is 0.458. The van der Waals surface area contributed by atoms with Crippen LogP contribution < -0.4 is 10.1 Å².